The zero-order chi connectivity index (χ0) is 12.3. The molecule has 1 unspecified atom stereocenters. The van der Waals surface area contributed by atoms with Crippen LogP contribution in [0.4, 0.5) is 4.39 Å². The Hall–Kier alpha value is -0.410. The highest BCUT2D eigenvalue weighted by molar-refractivity contribution is 9.10. The van der Waals surface area contributed by atoms with Crippen LogP contribution in [0, 0.1) is 11.2 Å². The van der Waals surface area contributed by atoms with Crippen LogP contribution in [0.2, 0.25) is 0 Å². The molecule has 0 amide bonds. The standard InChI is InChI=1S/C13H19BrFN/c1-4-13(2,3)12(16)8-9-7-10(15)5-6-11(9)14/h5-7,12H,4,8,16H2,1-3H3. The normalized spacial score (nSPS) is 13.9. The molecule has 0 radical (unpaired) electrons. The van der Waals surface area contributed by atoms with E-state index in [-0.39, 0.29) is 17.3 Å². The molecule has 1 nitrogen and oxygen atoms in total. The SMILES string of the molecule is CCC(C)(C)C(N)Cc1cc(F)ccc1Br. The first-order chi connectivity index (χ1) is 7.36. The van der Waals surface area contributed by atoms with Gasteiger partial charge in [0.05, 0.1) is 0 Å². The van der Waals surface area contributed by atoms with Gasteiger partial charge in [0.15, 0.2) is 0 Å². The molecule has 0 heterocycles. The summed E-state index contributed by atoms with van der Waals surface area (Å²) >= 11 is 3.43. The van der Waals surface area contributed by atoms with Gasteiger partial charge in [-0.3, -0.25) is 0 Å². The molecule has 0 saturated heterocycles. The van der Waals surface area contributed by atoms with Gasteiger partial charge in [-0.05, 0) is 42.0 Å². The second kappa shape index (κ2) is 5.28. The van der Waals surface area contributed by atoms with Crippen LogP contribution in [0.1, 0.15) is 32.8 Å². The Morgan fingerprint density at radius 3 is 2.62 bits per heavy atom. The van der Waals surface area contributed by atoms with Crippen molar-refractivity contribution in [2.75, 3.05) is 0 Å². The Balaban J connectivity index is 2.84. The van der Waals surface area contributed by atoms with E-state index in [4.69, 9.17) is 5.73 Å². The van der Waals surface area contributed by atoms with E-state index in [0.717, 1.165) is 16.5 Å². The van der Waals surface area contributed by atoms with E-state index in [9.17, 15) is 4.39 Å². The van der Waals surface area contributed by atoms with E-state index in [2.05, 4.69) is 36.7 Å². The molecule has 0 spiro atoms. The summed E-state index contributed by atoms with van der Waals surface area (Å²) in [6.45, 7) is 6.41. The van der Waals surface area contributed by atoms with Crippen molar-refractivity contribution in [3.8, 4) is 0 Å². The fourth-order valence-corrected chi connectivity index (χ4v) is 1.88. The summed E-state index contributed by atoms with van der Waals surface area (Å²) in [6.07, 6.45) is 1.71. The fourth-order valence-electron chi connectivity index (χ4n) is 1.48. The summed E-state index contributed by atoms with van der Waals surface area (Å²) in [5.74, 6) is -0.209. The molecule has 90 valence electrons. The highest BCUT2D eigenvalue weighted by Crippen LogP contribution is 2.28. The van der Waals surface area contributed by atoms with Crippen molar-refractivity contribution in [1.29, 1.82) is 0 Å². The average molecular weight is 288 g/mol. The molecule has 0 fully saturated rings. The maximum Gasteiger partial charge on any atom is 0.123 e. The van der Waals surface area contributed by atoms with E-state index in [1.807, 2.05) is 0 Å². The predicted molar refractivity (Wildman–Crippen MR) is 69.9 cm³/mol. The first-order valence-electron chi connectivity index (χ1n) is 5.56. The lowest BCUT2D eigenvalue weighted by molar-refractivity contribution is 0.272. The molecule has 16 heavy (non-hydrogen) atoms. The van der Waals surface area contributed by atoms with Crippen molar-refractivity contribution in [2.24, 2.45) is 11.1 Å². The van der Waals surface area contributed by atoms with Crippen molar-refractivity contribution in [2.45, 2.75) is 39.7 Å². The zero-order valence-electron chi connectivity index (χ0n) is 10.1. The van der Waals surface area contributed by atoms with Gasteiger partial charge in [0.25, 0.3) is 0 Å². The third-order valence-electron chi connectivity index (χ3n) is 3.36. The van der Waals surface area contributed by atoms with Gasteiger partial charge >= 0.3 is 0 Å². The molecule has 0 aliphatic heterocycles. The van der Waals surface area contributed by atoms with Crippen LogP contribution in [0.15, 0.2) is 22.7 Å². The number of hydrogen-bond acceptors (Lipinski definition) is 1. The minimum atomic E-state index is -0.209. The minimum Gasteiger partial charge on any atom is -0.327 e. The second-order valence-corrected chi connectivity index (χ2v) is 5.74. The Morgan fingerprint density at radius 1 is 1.44 bits per heavy atom. The molecule has 3 heteroatoms. The Kier molecular flexibility index (Phi) is 4.51. The van der Waals surface area contributed by atoms with Gasteiger partial charge in [-0.2, -0.15) is 0 Å². The summed E-state index contributed by atoms with van der Waals surface area (Å²) in [5, 5.41) is 0. The Morgan fingerprint density at radius 2 is 2.06 bits per heavy atom. The molecule has 1 aromatic carbocycles. The van der Waals surface area contributed by atoms with E-state index in [0.29, 0.717) is 6.42 Å². The summed E-state index contributed by atoms with van der Waals surface area (Å²) in [6, 6.07) is 4.77. The van der Waals surface area contributed by atoms with E-state index < -0.39 is 0 Å². The van der Waals surface area contributed by atoms with Crippen LogP contribution in [0.5, 0.6) is 0 Å². The van der Waals surface area contributed by atoms with Gasteiger partial charge in [0.1, 0.15) is 5.82 Å². The molecular formula is C13H19BrFN. The van der Waals surface area contributed by atoms with Crippen LogP contribution in [-0.2, 0) is 6.42 Å². The topological polar surface area (TPSA) is 26.0 Å². The quantitative estimate of drug-likeness (QED) is 0.893. The van der Waals surface area contributed by atoms with Crippen LogP contribution < -0.4 is 5.73 Å². The molecule has 0 bridgehead atoms. The summed E-state index contributed by atoms with van der Waals surface area (Å²) in [7, 11) is 0. The molecule has 2 N–H and O–H groups in total. The van der Waals surface area contributed by atoms with Gasteiger partial charge in [-0.1, -0.05) is 36.7 Å². The second-order valence-electron chi connectivity index (χ2n) is 4.89. The molecule has 1 rings (SSSR count). The molecule has 0 aromatic heterocycles. The van der Waals surface area contributed by atoms with E-state index >= 15 is 0 Å². The number of nitrogens with two attached hydrogens (primary N) is 1. The first-order valence-corrected chi connectivity index (χ1v) is 6.35. The average Bonchev–Trinajstić information content (AvgIpc) is 2.23. The molecular weight excluding hydrogens is 269 g/mol. The maximum absolute atomic E-state index is 13.1. The van der Waals surface area contributed by atoms with Crippen LogP contribution in [0.3, 0.4) is 0 Å². The van der Waals surface area contributed by atoms with Crippen LogP contribution in [0.25, 0.3) is 0 Å². The summed E-state index contributed by atoms with van der Waals surface area (Å²) in [5.41, 5.74) is 7.18. The maximum atomic E-state index is 13.1. The Bertz CT molecular complexity index is 363. The van der Waals surface area contributed by atoms with Crippen molar-refractivity contribution < 1.29 is 4.39 Å². The Labute approximate surface area is 105 Å². The van der Waals surface area contributed by atoms with Gasteiger partial charge < -0.3 is 5.73 Å². The van der Waals surface area contributed by atoms with Crippen LogP contribution in [-0.4, -0.2) is 6.04 Å². The van der Waals surface area contributed by atoms with Crippen molar-refractivity contribution in [3.63, 3.8) is 0 Å². The number of halogens is 2. The minimum absolute atomic E-state index is 0.0376. The van der Waals surface area contributed by atoms with Crippen molar-refractivity contribution >= 4 is 15.9 Å². The third-order valence-corrected chi connectivity index (χ3v) is 4.14. The first kappa shape index (κ1) is 13.7. The van der Waals surface area contributed by atoms with Crippen LogP contribution >= 0.6 is 15.9 Å². The molecule has 0 aliphatic rings. The largest absolute Gasteiger partial charge is 0.327 e. The number of rotatable bonds is 4. The lowest BCUT2D eigenvalue weighted by Crippen LogP contribution is -2.38. The highest BCUT2D eigenvalue weighted by atomic mass is 79.9. The van der Waals surface area contributed by atoms with Gasteiger partial charge in [-0.25, -0.2) is 4.39 Å². The highest BCUT2D eigenvalue weighted by Gasteiger charge is 2.24. The third kappa shape index (κ3) is 3.29. The lowest BCUT2D eigenvalue weighted by Gasteiger charge is -2.30. The number of benzene rings is 1. The van der Waals surface area contributed by atoms with Crippen molar-refractivity contribution in [1.82, 2.24) is 0 Å². The lowest BCUT2D eigenvalue weighted by atomic mass is 9.79. The smallest absolute Gasteiger partial charge is 0.123 e. The zero-order valence-corrected chi connectivity index (χ0v) is 11.6. The molecule has 1 atom stereocenters. The van der Waals surface area contributed by atoms with Gasteiger partial charge in [0, 0.05) is 10.5 Å². The monoisotopic (exact) mass is 287 g/mol. The number of hydrogen-bond donors (Lipinski definition) is 1. The molecule has 0 saturated carbocycles. The predicted octanol–water partition coefficient (Wildman–Crippen LogP) is 3.89. The molecule has 0 aliphatic carbocycles. The van der Waals surface area contributed by atoms with E-state index in [1.165, 1.54) is 6.07 Å². The van der Waals surface area contributed by atoms with E-state index in [1.54, 1.807) is 12.1 Å². The van der Waals surface area contributed by atoms with Gasteiger partial charge in [0.2, 0.25) is 0 Å². The van der Waals surface area contributed by atoms with Gasteiger partial charge in [-0.15, -0.1) is 0 Å². The summed E-state index contributed by atoms with van der Waals surface area (Å²) in [4.78, 5) is 0. The summed E-state index contributed by atoms with van der Waals surface area (Å²) < 4.78 is 14.0. The molecule has 1 aromatic rings. The van der Waals surface area contributed by atoms with Crippen molar-refractivity contribution in [3.05, 3.63) is 34.1 Å². The fraction of sp³-hybridized carbons (Fsp3) is 0.538.